The molecular formula is C21H17N3O4S. The summed E-state index contributed by atoms with van der Waals surface area (Å²) in [6.07, 6.45) is 0. The number of non-ortho nitro benzene ring substituents is 1. The standard InChI is InChI=1S/C21H17N3O4S/c1-12(2)11-23-19(13-6-5-7-14(10-13)24(27)28)22-20-17(21(23)26)18(25)15-8-3-4-9-16(15)29-20/h3-10,12H,11H2,1-2H3. The van der Waals surface area contributed by atoms with Gasteiger partial charge in [0.2, 0.25) is 5.43 Å². The largest absolute Gasteiger partial charge is 0.292 e. The molecule has 0 saturated carbocycles. The fraction of sp³-hybridized carbons (Fsp3) is 0.190. The Morgan fingerprint density at radius 2 is 1.90 bits per heavy atom. The zero-order valence-corrected chi connectivity index (χ0v) is 16.6. The first-order chi connectivity index (χ1) is 13.9. The summed E-state index contributed by atoms with van der Waals surface area (Å²) in [5.74, 6) is 0.439. The fourth-order valence-electron chi connectivity index (χ4n) is 3.30. The molecule has 8 heteroatoms. The second-order valence-electron chi connectivity index (χ2n) is 7.16. The van der Waals surface area contributed by atoms with Gasteiger partial charge in [-0.2, -0.15) is 0 Å². The number of aromatic nitrogens is 2. The van der Waals surface area contributed by atoms with Gasteiger partial charge >= 0.3 is 0 Å². The van der Waals surface area contributed by atoms with Crippen LogP contribution in [-0.2, 0) is 6.54 Å². The molecule has 0 saturated heterocycles. The molecule has 0 unspecified atom stereocenters. The normalized spacial score (nSPS) is 11.4. The van der Waals surface area contributed by atoms with Crippen molar-refractivity contribution in [2.75, 3.05) is 0 Å². The van der Waals surface area contributed by atoms with Crippen LogP contribution in [0.15, 0.2) is 58.1 Å². The van der Waals surface area contributed by atoms with Crippen LogP contribution in [0, 0.1) is 16.0 Å². The molecule has 0 N–H and O–H groups in total. The maximum Gasteiger partial charge on any atom is 0.270 e. The van der Waals surface area contributed by atoms with Crippen LogP contribution in [0.4, 0.5) is 5.69 Å². The minimum absolute atomic E-state index is 0.0588. The highest BCUT2D eigenvalue weighted by molar-refractivity contribution is 7.24. The van der Waals surface area contributed by atoms with E-state index in [9.17, 15) is 19.7 Å². The van der Waals surface area contributed by atoms with Crippen LogP contribution in [0.25, 0.3) is 31.7 Å². The van der Waals surface area contributed by atoms with Gasteiger partial charge in [-0.15, -0.1) is 11.3 Å². The number of nitrogens with zero attached hydrogens (tertiary/aromatic N) is 3. The molecule has 29 heavy (non-hydrogen) atoms. The lowest BCUT2D eigenvalue weighted by atomic mass is 10.1. The molecule has 0 aliphatic rings. The molecule has 7 nitrogen and oxygen atoms in total. The number of hydrogen-bond donors (Lipinski definition) is 0. The van der Waals surface area contributed by atoms with Gasteiger partial charge in [-0.1, -0.05) is 38.1 Å². The highest BCUT2D eigenvalue weighted by Gasteiger charge is 2.19. The van der Waals surface area contributed by atoms with Gasteiger partial charge < -0.3 is 0 Å². The number of nitro benzene ring substituents is 1. The third-order valence-electron chi connectivity index (χ3n) is 4.56. The summed E-state index contributed by atoms with van der Waals surface area (Å²) in [6.45, 7) is 4.25. The third kappa shape index (κ3) is 3.31. The summed E-state index contributed by atoms with van der Waals surface area (Å²) in [7, 11) is 0. The number of rotatable bonds is 4. The highest BCUT2D eigenvalue weighted by Crippen LogP contribution is 2.26. The molecule has 0 aliphatic heterocycles. The summed E-state index contributed by atoms with van der Waals surface area (Å²) in [5.41, 5.74) is -0.376. The smallest absolute Gasteiger partial charge is 0.270 e. The number of nitro groups is 1. The number of hydrogen-bond acceptors (Lipinski definition) is 6. The lowest BCUT2D eigenvalue weighted by molar-refractivity contribution is -0.384. The third-order valence-corrected chi connectivity index (χ3v) is 5.63. The van der Waals surface area contributed by atoms with Gasteiger partial charge in [0.1, 0.15) is 16.0 Å². The van der Waals surface area contributed by atoms with Crippen LogP contribution in [-0.4, -0.2) is 14.5 Å². The molecular weight excluding hydrogens is 390 g/mol. The van der Waals surface area contributed by atoms with Crippen molar-refractivity contribution in [1.29, 1.82) is 0 Å². The van der Waals surface area contributed by atoms with Gasteiger partial charge in [-0.3, -0.25) is 24.3 Å². The lowest BCUT2D eigenvalue weighted by Crippen LogP contribution is -2.28. The van der Waals surface area contributed by atoms with Crippen LogP contribution in [0.1, 0.15) is 13.8 Å². The second-order valence-corrected chi connectivity index (χ2v) is 8.19. The van der Waals surface area contributed by atoms with Crippen LogP contribution < -0.4 is 11.0 Å². The van der Waals surface area contributed by atoms with Crippen molar-refractivity contribution < 1.29 is 4.92 Å². The van der Waals surface area contributed by atoms with Crippen molar-refractivity contribution in [3.8, 4) is 11.4 Å². The number of fused-ring (bicyclic) bond motifs is 2. The van der Waals surface area contributed by atoms with Crippen LogP contribution in [0.3, 0.4) is 0 Å². The summed E-state index contributed by atoms with van der Waals surface area (Å²) >= 11 is 1.27. The van der Waals surface area contributed by atoms with Gasteiger partial charge in [-0.25, -0.2) is 4.98 Å². The topological polar surface area (TPSA) is 95.1 Å². The minimum Gasteiger partial charge on any atom is -0.292 e. The molecule has 2 heterocycles. The van der Waals surface area contributed by atoms with Crippen molar-refractivity contribution >= 4 is 37.3 Å². The quantitative estimate of drug-likeness (QED) is 0.287. The van der Waals surface area contributed by atoms with E-state index in [0.29, 0.717) is 28.1 Å². The first kappa shape index (κ1) is 18.9. The Bertz CT molecular complexity index is 1390. The molecule has 0 radical (unpaired) electrons. The summed E-state index contributed by atoms with van der Waals surface area (Å²) in [4.78, 5) is 42.0. The second kappa shape index (κ2) is 7.21. The number of benzene rings is 2. The monoisotopic (exact) mass is 407 g/mol. The predicted molar refractivity (Wildman–Crippen MR) is 115 cm³/mol. The summed E-state index contributed by atoms with van der Waals surface area (Å²) in [6, 6.07) is 13.1. The Kier molecular flexibility index (Phi) is 4.71. The zero-order chi connectivity index (χ0) is 20.7. The molecule has 0 spiro atoms. The fourth-order valence-corrected chi connectivity index (χ4v) is 4.34. The molecule has 0 aliphatic carbocycles. The van der Waals surface area contributed by atoms with E-state index in [2.05, 4.69) is 4.98 Å². The van der Waals surface area contributed by atoms with E-state index in [1.54, 1.807) is 24.3 Å². The molecule has 4 rings (SSSR count). The first-order valence-corrected chi connectivity index (χ1v) is 9.89. The van der Waals surface area contributed by atoms with Crippen molar-refractivity contribution in [2.24, 2.45) is 5.92 Å². The van der Waals surface area contributed by atoms with Gasteiger partial charge in [0.15, 0.2) is 0 Å². The molecule has 0 bridgehead atoms. The molecule has 4 aromatic rings. The van der Waals surface area contributed by atoms with Crippen molar-refractivity contribution in [1.82, 2.24) is 9.55 Å². The minimum atomic E-state index is -0.485. The summed E-state index contributed by atoms with van der Waals surface area (Å²) in [5, 5.41) is 11.7. The first-order valence-electron chi connectivity index (χ1n) is 9.08. The molecule has 2 aromatic heterocycles. The Labute approximate surface area is 169 Å². The summed E-state index contributed by atoms with van der Waals surface area (Å²) < 4.78 is 2.19. The van der Waals surface area contributed by atoms with Crippen LogP contribution >= 0.6 is 11.3 Å². The predicted octanol–water partition coefficient (Wildman–Crippen LogP) is 4.20. The molecule has 2 aromatic carbocycles. The van der Waals surface area contributed by atoms with Crippen LogP contribution in [0.5, 0.6) is 0 Å². The van der Waals surface area contributed by atoms with E-state index in [1.165, 1.54) is 28.0 Å². The van der Waals surface area contributed by atoms with E-state index >= 15 is 0 Å². The Hall–Kier alpha value is -3.39. The van der Waals surface area contributed by atoms with Crippen molar-refractivity contribution in [3.63, 3.8) is 0 Å². The van der Waals surface area contributed by atoms with Crippen molar-refractivity contribution in [2.45, 2.75) is 20.4 Å². The van der Waals surface area contributed by atoms with E-state index in [1.807, 2.05) is 26.0 Å². The van der Waals surface area contributed by atoms with Gasteiger partial charge in [-0.05, 0) is 18.1 Å². The molecule has 0 fully saturated rings. The van der Waals surface area contributed by atoms with Gasteiger partial charge in [0.25, 0.3) is 11.2 Å². The lowest BCUT2D eigenvalue weighted by Gasteiger charge is -2.15. The highest BCUT2D eigenvalue weighted by atomic mass is 32.1. The molecule has 0 amide bonds. The van der Waals surface area contributed by atoms with E-state index in [-0.39, 0.29) is 22.4 Å². The Morgan fingerprint density at radius 3 is 2.62 bits per heavy atom. The maximum atomic E-state index is 13.3. The van der Waals surface area contributed by atoms with E-state index in [0.717, 1.165) is 4.70 Å². The van der Waals surface area contributed by atoms with Crippen LogP contribution in [0.2, 0.25) is 0 Å². The Balaban J connectivity index is 2.12. The average molecular weight is 407 g/mol. The SMILES string of the molecule is CC(C)Cn1c(-c2cccc([N+](=O)[O-])c2)nc2sc3ccccc3c(=O)c2c1=O. The Morgan fingerprint density at radius 1 is 1.14 bits per heavy atom. The molecule has 0 atom stereocenters. The van der Waals surface area contributed by atoms with Gasteiger partial charge in [0, 0.05) is 34.3 Å². The zero-order valence-electron chi connectivity index (χ0n) is 15.8. The average Bonchev–Trinajstić information content (AvgIpc) is 2.69. The van der Waals surface area contributed by atoms with E-state index < -0.39 is 10.5 Å². The van der Waals surface area contributed by atoms with E-state index in [4.69, 9.17) is 0 Å². The van der Waals surface area contributed by atoms with Gasteiger partial charge in [0.05, 0.1) is 4.92 Å². The van der Waals surface area contributed by atoms with Crippen molar-refractivity contribution in [3.05, 3.63) is 79.2 Å². The maximum absolute atomic E-state index is 13.3. The molecule has 146 valence electrons.